The fraction of sp³-hybridized carbons (Fsp3) is 0.182. The molecule has 0 saturated heterocycles. The Balaban J connectivity index is 1.47. The zero-order valence-electron chi connectivity index (χ0n) is 14.7. The van der Waals surface area contributed by atoms with Crippen molar-refractivity contribution in [3.05, 3.63) is 83.4 Å². The standard InChI is InChI=1S/C22H21NO3/c1-16-6-2-3-9-20(16)14-23-21(24)15-26-22(25)13-17-10-11-18-7-4-5-8-19(18)12-17/h2-12H,13-15H2,1H3,(H,23,24). The third-order valence-electron chi connectivity index (χ3n) is 4.26. The van der Waals surface area contributed by atoms with E-state index in [1.807, 2.05) is 73.7 Å². The number of hydrogen-bond acceptors (Lipinski definition) is 3. The molecule has 0 aliphatic rings. The molecule has 0 saturated carbocycles. The van der Waals surface area contributed by atoms with Gasteiger partial charge in [-0.1, -0.05) is 66.7 Å². The van der Waals surface area contributed by atoms with Crippen LogP contribution in [0, 0.1) is 6.92 Å². The highest BCUT2D eigenvalue weighted by Gasteiger charge is 2.09. The van der Waals surface area contributed by atoms with Gasteiger partial charge in [0.1, 0.15) is 0 Å². The third kappa shape index (κ3) is 4.70. The first-order valence-corrected chi connectivity index (χ1v) is 8.56. The summed E-state index contributed by atoms with van der Waals surface area (Å²) in [5.74, 6) is -0.716. The molecule has 26 heavy (non-hydrogen) atoms. The van der Waals surface area contributed by atoms with Crippen LogP contribution in [0.4, 0.5) is 0 Å². The Morgan fingerprint density at radius 1 is 0.923 bits per heavy atom. The number of rotatable bonds is 6. The van der Waals surface area contributed by atoms with Gasteiger partial charge in [0, 0.05) is 6.54 Å². The molecule has 0 aliphatic carbocycles. The first kappa shape index (κ1) is 17.7. The molecule has 3 rings (SSSR count). The number of aryl methyl sites for hydroxylation is 1. The molecule has 1 amide bonds. The maximum Gasteiger partial charge on any atom is 0.310 e. The molecule has 4 heteroatoms. The molecule has 1 N–H and O–H groups in total. The Labute approximate surface area is 152 Å². The Morgan fingerprint density at radius 2 is 1.65 bits per heavy atom. The van der Waals surface area contributed by atoms with Gasteiger partial charge in [0.05, 0.1) is 6.42 Å². The van der Waals surface area contributed by atoms with Crippen molar-refractivity contribution in [3.8, 4) is 0 Å². The lowest BCUT2D eigenvalue weighted by Crippen LogP contribution is -2.28. The van der Waals surface area contributed by atoms with Crippen LogP contribution in [0.25, 0.3) is 10.8 Å². The van der Waals surface area contributed by atoms with Crippen molar-refractivity contribution in [2.45, 2.75) is 19.9 Å². The van der Waals surface area contributed by atoms with Crippen LogP contribution in [0.5, 0.6) is 0 Å². The van der Waals surface area contributed by atoms with E-state index < -0.39 is 5.97 Å². The Bertz CT molecular complexity index is 933. The fourth-order valence-corrected chi connectivity index (χ4v) is 2.77. The molecule has 0 unspecified atom stereocenters. The lowest BCUT2D eigenvalue weighted by atomic mass is 10.1. The number of esters is 1. The highest BCUT2D eigenvalue weighted by Crippen LogP contribution is 2.16. The molecular formula is C22H21NO3. The molecule has 0 fully saturated rings. The summed E-state index contributed by atoms with van der Waals surface area (Å²) in [7, 11) is 0. The van der Waals surface area contributed by atoms with Crippen LogP contribution in [0.1, 0.15) is 16.7 Å². The van der Waals surface area contributed by atoms with E-state index >= 15 is 0 Å². The smallest absolute Gasteiger partial charge is 0.310 e. The third-order valence-corrected chi connectivity index (χ3v) is 4.26. The largest absolute Gasteiger partial charge is 0.455 e. The highest BCUT2D eigenvalue weighted by molar-refractivity contribution is 5.85. The molecule has 0 aromatic heterocycles. The summed E-state index contributed by atoms with van der Waals surface area (Å²) in [6.07, 6.45) is 0.149. The predicted octanol–water partition coefficient (Wildman–Crippen LogP) is 3.55. The topological polar surface area (TPSA) is 55.4 Å². The SMILES string of the molecule is Cc1ccccc1CNC(=O)COC(=O)Cc1ccc2ccccc2c1. The molecule has 3 aromatic rings. The van der Waals surface area contributed by atoms with Crippen LogP contribution in [0.2, 0.25) is 0 Å². The summed E-state index contributed by atoms with van der Waals surface area (Å²) in [4.78, 5) is 23.9. The number of hydrogen-bond donors (Lipinski definition) is 1. The first-order valence-electron chi connectivity index (χ1n) is 8.56. The Hall–Kier alpha value is -3.14. The van der Waals surface area contributed by atoms with Crippen molar-refractivity contribution in [2.75, 3.05) is 6.61 Å². The van der Waals surface area contributed by atoms with E-state index in [2.05, 4.69) is 5.32 Å². The summed E-state index contributed by atoms with van der Waals surface area (Å²) in [5.41, 5.74) is 3.03. The number of carbonyl (C=O) groups is 2. The van der Waals surface area contributed by atoms with Crippen molar-refractivity contribution < 1.29 is 14.3 Å². The average Bonchev–Trinajstić information content (AvgIpc) is 2.65. The van der Waals surface area contributed by atoms with Crippen molar-refractivity contribution >= 4 is 22.6 Å². The minimum absolute atomic E-state index is 0.149. The number of nitrogens with one attached hydrogen (secondary N) is 1. The van der Waals surface area contributed by atoms with Gasteiger partial charge >= 0.3 is 5.97 Å². The zero-order chi connectivity index (χ0) is 18.4. The maximum absolute atomic E-state index is 12.0. The molecule has 0 aliphatic heterocycles. The minimum Gasteiger partial charge on any atom is -0.455 e. The van der Waals surface area contributed by atoms with E-state index in [1.54, 1.807) is 0 Å². The second-order valence-electron chi connectivity index (χ2n) is 6.22. The normalized spacial score (nSPS) is 10.5. The van der Waals surface area contributed by atoms with Gasteiger partial charge in [0.15, 0.2) is 6.61 Å². The molecule has 0 heterocycles. The second kappa shape index (κ2) is 8.30. The molecule has 0 radical (unpaired) electrons. The van der Waals surface area contributed by atoms with Crippen molar-refractivity contribution in [2.24, 2.45) is 0 Å². The van der Waals surface area contributed by atoms with Gasteiger partial charge in [0.2, 0.25) is 0 Å². The van der Waals surface area contributed by atoms with Gasteiger partial charge in [0.25, 0.3) is 5.91 Å². The van der Waals surface area contributed by atoms with E-state index in [4.69, 9.17) is 4.74 Å². The monoisotopic (exact) mass is 347 g/mol. The van der Waals surface area contributed by atoms with Crippen LogP contribution in [-0.2, 0) is 27.3 Å². The van der Waals surface area contributed by atoms with Crippen molar-refractivity contribution in [1.29, 1.82) is 0 Å². The summed E-state index contributed by atoms with van der Waals surface area (Å²) in [6, 6.07) is 21.7. The zero-order valence-corrected chi connectivity index (χ0v) is 14.7. The predicted molar refractivity (Wildman–Crippen MR) is 102 cm³/mol. The van der Waals surface area contributed by atoms with Crippen molar-refractivity contribution in [3.63, 3.8) is 0 Å². The molecule has 4 nitrogen and oxygen atoms in total. The van der Waals surface area contributed by atoms with E-state index in [0.717, 1.165) is 27.5 Å². The minimum atomic E-state index is -0.411. The molecule has 0 atom stereocenters. The summed E-state index contributed by atoms with van der Waals surface area (Å²) >= 11 is 0. The fourth-order valence-electron chi connectivity index (χ4n) is 2.77. The lowest BCUT2D eigenvalue weighted by molar-refractivity contribution is -0.147. The molecule has 3 aromatic carbocycles. The number of benzene rings is 3. The number of ether oxygens (including phenoxy) is 1. The van der Waals surface area contributed by atoms with Gasteiger partial charge in [-0.05, 0) is 34.4 Å². The van der Waals surface area contributed by atoms with Crippen LogP contribution < -0.4 is 5.32 Å². The average molecular weight is 347 g/mol. The van der Waals surface area contributed by atoms with Gasteiger partial charge in [-0.15, -0.1) is 0 Å². The van der Waals surface area contributed by atoms with Crippen molar-refractivity contribution in [1.82, 2.24) is 5.32 Å². The quantitative estimate of drug-likeness (QED) is 0.694. The first-order chi connectivity index (χ1) is 12.6. The van der Waals surface area contributed by atoms with Gasteiger partial charge in [-0.2, -0.15) is 0 Å². The van der Waals surface area contributed by atoms with E-state index in [-0.39, 0.29) is 18.9 Å². The van der Waals surface area contributed by atoms with Crippen LogP contribution >= 0.6 is 0 Å². The van der Waals surface area contributed by atoms with Gasteiger partial charge < -0.3 is 10.1 Å². The van der Waals surface area contributed by atoms with E-state index in [0.29, 0.717) is 6.54 Å². The van der Waals surface area contributed by atoms with Crippen LogP contribution in [0.15, 0.2) is 66.7 Å². The maximum atomic E-state index is 12.0. The Morgan fingerprint density at radius 3 is 2.46 bits per heavy atom. The Kier molecular flexibility index (Phi) is 5.64. The summed E-state index contributed by atoms with van der Waals surface area (Å²) < 4.78 is 5.09. The molecule has 132 valence electrons. The van der Waals surface area contributed by atoms with Crippen LogP contribution in [-0.4, -0.2) is 18.5 Å². The van der Waals surface area contributed by atoms with Gasteiger partial charge in [-0.25, -0.2) is 0 Å². The number of carbonyl (C=O) groups excluding carboxylic acids is 2. The number of fused-ring (bicyclic) bond motifs is 1. The van der Waals surface area contributed by atoms with E-state index in [1.165, 1.54) is 0 Å². The lowest BCUT2D eigenvalue weighted by Gasteiger charge is -2.09. The summed E-state index contributed by atoms with van der Waals surface area (Å²) in [5, 5.41) is 4.97. The summed E-state index contributed by atoms with van der Waals surface area (Å²) in [6.45, 7) is 2.15. The van der Waals surface area contributed by atoms with E-state index in [9.17, 15) is 9.59 Å². The van der Waals surface area contributed by atoms with Gasteiger partial charge in [-0.3, -0.25) is 9.59 Å². The second-order valence-corrected chi connectivity index (χ2v) is 6.22. The number of amides is 1. The highest BCUT2D eigenvalue weighted by atomic mass is 16.5. The molecular weight excluding hydrogens is 326 g/mol. The molecule has 0 spiro atoms. The van der Waals surface area contributed by atoms with Crippen LogP contribution in [0.3, 0.4) is 0 Å². The molecule has 0 bridgehead atoms.